The van der Waals surface area contributed by atoms with E-state index < -0.39 is 0 Å². The highest BCUT2D eigenvalue weighted by Crippen LogP contribution is 2.25. The molecule has 0 aliphatic carbocycles. The number of carbonyl (C=O) groups is 1. The summed E-state index contributed by atoms with van der Waals surface area (Å²) in [5, 5.41) is 2.88. The van der Waals surface area contributed by atoms with E-state index in [0.29, 0.717) is 11.8 Å². The predicted molar refractivity (Wildman–Crippen MR) is 102 cm³/mol. The van der Waals surface area contributed by atoms with Gasteiger partial charge < -0.3 is 15.0 Å². The lowest BCUT2D eigenvalue weighted by Gasteiger charge is -2.35. The lowest BCUT2D eigenvalue weighted by Crippen LogP contribution is -2.37. The summed E-state index contributed by atoms with van der Waals surface area (Å²) in [6, 6.07) is 16.3. The normalized spacial score (nSPS) is 17.2. The highest BCUT2D eigenvalue weighted by molar-refractivity contribution is 5.92. The van der Waals surface area contributed by atoms with Crippen LogP contribution < -0.4 is 15.0 Å². The first kappa shape index (κ1) is 17.3. The summed E-state index contributed by atoms with van der Waals surface area (Å²) < 4.78 is 5.51. The molecule has 0 aromatic heterocycles. The van der Waals surface area contributed by atoms with Crippen molar-refractivity contribution >= 4 is 17.3 Å². The number of carbonyl (C=O) groups excluding carboxylic acids is 1. The molecule has 4 nitrogen and oxygen atoms in total. The van der Waals surface area contributed by atoms with Gasteiger partial charge in [0.15, 0.2) is 6.61 Å². The summed E-state index contributed by atoms with van der Waals surface area (Å²) in [6.45, 7) is 5.41. The van der Waals surface area contributed by atoms with Crippen molar-refractivity contribution in [3.05, 3.63) is 54.1 Å². The van der Waals surface area contributed by atoms with Gasteiger partial charge >= 0.3 is 0 Å². The monoisotopic (exact) mass is 338 g/mol. The number of nitrogens with zero attached hydrogens (tertiary/aromatic N) is 1. The van der Waals surface area contributed by atoms with Crippen LogP contribution >= 0.6 is 0 Å². The summed E-state index contributed by atoms with van der Waals surface area (Å²) in [5.74, 6) is 0.551. The summed E-state index contributed by atoms with van der Waals surface area (Å²) in [5.41, 5.74) is 3.19. The second-order valence-electron chi connectivity index (χ2n) is 6.73. The van der Waals surface area contributed by atoms with Gasteiger partial charge in [0.2, 0.25) is 0 Å². The van der Waals surface area contributed by atoms with Gasteiger partial charge in [-0.1, -0.05) is 17.7 Å². The van der Waals surface area contributed by atoms with Crippen LogP contribution in [0.15, 0.2) is 48.5 Å². The van der Waals surface area contributed by atoms with Gasteiger partial charge in [-0.25, -0.2) is 0 Å². The van der Waals surface area contributed by atoms with Crippen LogP contribution in [0.1, 0.15) is 31.7 Å². The Hall–Kier alpha value is -2.49. The van der Waals surface area contributed by atoms with E-state index in [1.165, 1.54) is 30.5 Å². The van der Waals surface area contributed by atoms with E-state index in [2.05, 4.69) is 29.3 Å². The Bertz CT molecular complexity index is 695. The molecule has 1 heterocycles. The Balaban J connectivity index is 1.52. The Morgan fingerprint density at radius 2 is 1.84 bits per heavy atom. The van der Waals surface area contributed by atoms with E-state index in [0.717, 1.165) is 12.2 Å². The Kier molecular flexibility index (Phi) is 5.59. The van der Waals surface area contributed by atoms with Gasteiger partial charge in [-0.15, -0.1) is 0 Å². The number of aryl methyl sites for hydroxylation is 1. The van der Waals surface area contributed by atoms with Gasteiger partial charge in [-0.3, -0.25) is 4.79 Å². The van der Waals surface area contributed by atoms with E-state index in [4.69, 9.17) is 4.74 Å². The fraction of sp³-hybridized carbons (Fsp3) is 0.381. The SMILES string of the molecule is Cc1ccc(OCC(=O)Nc2ccc(N3CCCC[C@H]3C)cc2)cc1. The minimum atomic E-state index is -0.153. The molecule has 0 radical (unpaired) electrons. The molecule has 1 aliphatic rings. The first-order valence-corrected chi connectivity index (χ1v) is 8.98. The molecule has 0 saturated carbocycles. The molecule has 1 fully saturated rings. The molecule has 132 valence electrons. The summed E-state index contributed by atoms with van der Waals surface area (Å²) in [7, 11) is 0. The van der Waals surface area contributed by atoms with Crippen molar-refractivity contribution in [1.82, 2.24) is 0 Å². The van der Waals surface area contributed by atoms with Crippen LogP contribution in [0.4, 0.5) is 11.4 Å². The quantitative estimate of drug-likeness (QED) is 0.879. The van der Waals surface area contributed by atoms with Crippen molar-refractivity contribution in [2.45, 2.75) is 39.2 Å². The third-order valence-electron chi connectivity index (χ3n) is 4.68. The van der Waals surface area contributed by atoms with Gasteiger partial charge in [0, 0.05) is 24.0 Å². The zero-order chi connectivity index (χ0) is 17.6. The van der Waals surface area contributed by atoms with E-state index in [1.807, 2.05) is 43.3 Å². The highest BCUT2D eigenvalue weighted by Gasteiger charge is 2.18. The predicted octanol–water partition coefficient (Wildman–Crippen LogP) is 4.39. The van der Waals surface area contributed by atoms with E-state index in [-0.39, 0.29) is 12.5 Å². The fourth-order valence-corrected chi connectivity index (χ4v) is 3.20. The Labute approximate surface area is 149 Å². The second kappa shape index (κ2) is 8.06. The summed E-state index contributed by atoms with van der Waals surface area (Å²) in [4.78, 5) is 14.5. The third kappa shape index (κ3) is 4.75. The molecule has 1 N–H and O–H groups in total. The molecule has 0 spiro atoms. The average Bonchev–Trinajstić information content (AvgIpc) is 2.62. The molecule has 1 saturated heterocycles. The van der Waals surface area contributed by atoms with E-state index in [9.17, 15) is 4.79 Å². The summed E-state index contributed by atoms with van der Waals surface area (Å²) >= 11 is 0. The maximum atomic E-state index is 12.0. The molecule has 2 aromatic carbocycles. The minimum absolute atomic E-state index is 0.00791. The first-order valence-electron chi connectivity index (χ1n) is 8.98. The summed E-state index contributed by atoms with van der Waals surface area (Å²) in [6.07, 6.45) is 3.81. The van der Waals surface area contributed by atoms with Gasteiger partial charge in [0.25, 0.3) is 5.91 Å². The molecule has 1 amide bonds. The second-order valence-corrected chi connectivity index (χ2v) is 6.73. The van der Waals surface area contributed by atoms with Crippen molar-refractivity contribution in [3.8, 4) is 5.75 Å². The minimum Gasteiger partial charge on any atom is -0.484 e. The van der Waals surface area contributed by atoms with Gasteiger partial charge in [0.05, 0.1) is 0 Å². The average molecular weight is 338 g/mol. The van der Waals surface area contributed by atoms with Gasteiger partial charge in [-0.2, -0.15) is 0 Å². The van der Waals surface area contributed by atoms with Crippen molar-refractivity contribution in [1.29, 1.82) is 0 Å². The molecule has 0 bridgehead atoms. The topological polar surface area (TPSA) is 41.6 Å². The zero-order valence-electron chi connectivity index (χ0n) is 15.0. The maximum Gasteiger partial charge on any atom is 0.262 e. The molecule has 2 aromatic rings. The van der Waals surface area contributed by atoms with Crippen LogP contribution in [-0.2, 0) is 4.79 Å². The molecule has 1 atom stereocenters. The number of nitrogens with one attached hydrogen (secondary N) is 1. The first-order chi connectivity index (χ1) is 12.1. The van der Waals surface area contributed by atoms with Crippen LogP contribution in [-0.4, -0.2) is 25.1 Å². The Morgan fingerprint density at radius 3 is 2.52 bits per heavy atom. The van der Waals surface area contributed by atoms with Gasteiger partial charge in [-0.05, 0) is 69.5 Å². The lowest BCUT2D eigenvalue weighted by atomic mass is 10.0. The number of anilines is 2. The molecule has 3 rings (SSSR count). The van der Waals surface area contributed by atoms with Crippen molar-refractivity contribution in [2.75, 3.05) is 23.4 Å². The number of hydrogen-bond donors (Lipinski definition) is 1. The number of rotatable bonds is 5. The molecule has 4 heteroatoms. The van der Waals surface area contributed by atoms with Crippen molar-refractivity contribution in [2.24, 2.45) is 0 Å². The number of hydrogen-bond acceptors (Lipinski definition) is 3. The lowest BCUT2D eigenvalue weighted by molar-refractivity contribution is -0.118. The standard InChI is InChI=1S/C21H26N2O2/c1-16-6-12-20(13-7-16)25-15-21(24)22-18-8-10-19(11-9-18)23-14-4-3-5-17(23)2/h6-13,17H,3-5,14-15H2,1-2H3,(H,22,24)/t17-/m1/s1. The van der Waals surface area contributed by atoms with Crippen LogP contribution in [0.25, 0.3) is 0 Å². The maximum absolute atomic E-state index is 12.0. The van der Waals surface area contributed by atoms with Crippen LogP contribution in [0.5, 0.6) is 5.75 Å². The number of benzene rings is 2. The number of piperidine rings is 1. The Morgan fingerprint density at radius 1 is 1.12 bits per heavy atom. The van der Waals surface area contributed by atoms with E-state index in [1.54, 1.807) is 0 Å². The third-order valence-corrected chi connectivity index (χ3v) is 4.68. The van der Waals surface area contributed by atoms with E-state index >= 15 is 0 Å². The molecule has 25 heavy (non-hydrogen) atoms. The number of ether oxygens (including phenoxy) is 1. The van der Waals surface area contributed by atoms with Crippen molar-refractivity contribution < 1.29 is 9.53 Å². The molecule has 1 aliphatic heterocycles. The molecular weight excluding hydrogens is 312 g/mol. The highest BCUT2D eigenvalue weighted by atomic mass is 16.5. The largest absolute Gasteiger partial charge is 0.484 e. The fourth-order valence-electron chi connectivity index (χ4n) is 3.20. The molecular formula is C21H26N2O2. The van der Waals surface area contributed by atoms with Crippen molar-refractivity contribution in [3.63, 3.8) is 0 Å². The number of amides is 1. The van der Waals surface area contributed by atoms with Gasteiger partial charge in [0.1, 0.15) is 5.75 Å². The van der Waals surface area contributed by atoms with Crippen LogP contribution in [0.3, 0.4) is 0 Å². The van der Waals surface area contributed by atoms with Crippen LogP contribution in [0.2, 0.25) is 0 Å². The molecule has 0 unspecified atom stereocenters. The van der Waals surface area contributed by atoms with Crippen LogP contribution in [0, 0.1) is 6.92 Å². The smallest absolute Gasteiger partial charge is 0.262 e. The zero-order valence-corrected chi connectivity index (χ0v) is 15.0.